The van der Waals surface area contributed by atoms with Gasteiger partial charge in [-0.25, -0.2) is 9.78 Å². The minimum atomic E-state index is -0.434. The van der Waals surface area contributed by atoms with Gasteiger partial charge in [0.2, 0.25) is 0 Å². The molecule has 0 saturated carbocycles. The predicted molar refractivity (Wildman–Crippen MR) is 71.5 cm³/mol. The van der Waals surface area contributed by atoms with Crippen LogP contribution in [-0.2, 0) is 13.6 Å². The van der Waals surface area contributed by atoms with E-state index >= 15 is 0 Å². The molecule has 0 bridgehead atoms. The second-order valence-corrected chi connectivity index (χ2v) is 4.91. The van der Waals surface area contributed by atoms with Gasteiger partial charge in [0.15, 0.2) is 6.29 Å². The lowest BCUT2D eigenvalue weighted by atomic mass is 10.2. The van der Waals surface area contributed by atoms with Crippen LogP contribution in [0.5, 0.6) is 0 Å². The molecule has 0 aliphatic heterocycles. The first-order valence-electron chi connectivity index (χ1n) is 6.00. The maximum atomic E-state index is 12.1. The molecule has 0 atom stereocenters. The van der Waals surface area contributed by atoms with Crippen LogP contribution in [0.15, 0.2) is 21.9 Å². The van der Waals surface area contributed by atoms with Crippen LogP contribution in [0.4, 0.5) is 0 Å². The molecule has 2 aromatic heterocycles. The molecule has 0 fully saturated rings. The Balaban J connectivity index is 2.91. The summed E-state index contributed by atoms with van der Waals surface area (Å²) in [4.78, 5) is 39.0. The zero-order chi connectivity index (χ0) is 14.2. The van der Waals surface area contributed by atoms with E-state index < -0.39 is 11.2 Å². The number of rotatable bonds is 3. The molecule has 0 spiro atoms. The van der Waals surface area contributed by atoms with Crippen molar-refractivity contribution in [1.29, 1.82) is 0 Å². The van der Waals surface area contributed by atoms with Crippen molar-refractivity contribution in [3.63, 3.8) is 0 Å². The van der Waals surface area contributed by atoms with Gasteiger partial charge >= 0.3 is 5.69 Å². The topological polar surface area (TPSA) is 74.0 Å². The Kier molecular flexibility index (Phi) is 3.33. The fourth-order valence-corrected chi connectivity index (χ4v) is 1.98. The zero-order valence-corrected chi connectivity index (χ0v) is 11.1. The summed E-state index contributed by atoms with van der Waals surface area (Å²) in [5.74, 6) is 0.242. The Bertz CT molecular complexity index is 756. The molecule has 6 heteroatoms. The SMILES string of the molecule is CC(C)Cn1c(=O)n(C)c(=O)c2cc(C=O)cnc21. The monoisotopic (exact) mass is 261 g/mol. The van der Waals surface area contributed by atoms with Crippen LogP contribution in [-0.4, -0.2) is 20.4 Å². The molecule has 6 nitrogen and oxygen atoms in total. The third-order valence-corrected chi connectivity index (χ3v) is 2.88. The normalized spacial score (nSPS) is 11.2. The summed E-state index contributed by atoms with van der Waals surface area (Å²) in [6, 6.07) is 1.47. The van der Waals surface area contributed by atoms with Crippen molar-refractivity contribution in [2.75, 3.05) is 0 Å². The maximum Gasteiger partial charge on any atom is 0.332 e. The van der Waals surface area contributed by atoms with Crippen LogP contribution >= 0.6 is 0 Å². The van der Waals surface area contributed by atoms with Crippen molar-refractivity contribution in [1.82, 2.24) is 14.1 Å². The van der Waals surface area contributed by atoms with Crippen LogP contribution in [0.25, 0.3) is 11.0 Å². The van der Waals surface area contributed by atoms with Crippen molar-refractivity contribution in [2.24, 2.45) is 13.0 Å². The van der Waals surface area contributed by atoms with E-state index in [1.165, 1.54) is 23.9 Å². The van der Waals surface area contributed by atoms with Gasteiger partial charge in [0, 0.05) is 25.4 Å². The molecule has 0 aliphatic carbocycles. The molecule has 0 aliphatic rings. The van der Waals surface area contributed by atoms with Gasteiger partial charge in [0.25, 0.3) is 5.56 Å². The number of aromatic nitrogens is 3. The van der Waals surface area contributed by atoms with E-state index in [9.17, 15) is 14.4 Å². The van der Waals surface area contributed by atoms with E-state index in [0.717, 1.165) is 4.57 Å². The first-order valence-corrected chi connectivity index (χ1v) is 6.00. The lowest BCUT2D eigenvalue weighted by molar-refractivity contribution is 0.112. The van der Waals surface area contributed by atoms with Gasteiger partial charge in [0.05, 0.1) is 5.39 Å². The third kappa shape index (κ3) is 2.21. The largest absolute Gasteiger partial charge is 0.332 e. The molecule has 2 rings (SSSR count). The molecule has 0 saturated heterocycles. The molecule has 0 aromatic carbocycles. The molecule has 0 N–H and O–H groups in total. The first kappa shape index (κ1) is 13.2. The van der Waals surface area contributed by atoms with Crippen molar-refractivity contribution < 1.29 is 4.79 Å². The Morgan fingerprint density at radius 1 is 1.37 bits per heavy atom. The number of hydrogen-bond donors (Lipinski definition) is 0. The number of fused-ring (bicyclic) bond motifs is 1. The second kappa shape index (κ2) is 4.79. The van der Waals surface area contributed by atoms with Crippen molar-refractivity contribution >= 4 is 17.3 Å². The molecule has 2 heterocycles. The van der Waals surface area contributed by atoms with Gasteiger partial charge in [-0.15, -0.1) is 0 Å². The number of pyridine rings is 1. The Labute approximate surface area is 109 Å². The van der Waals surface area contributed by atoms with E-state index in [-0.39, 0.29) is 11.3 Å². The fraction of sp³-hybridized carbons (Fsp3) is 0.385. The molecular weight excluding hydrogens is 246 g/mol. The Morgan fingerprint density at radius 2 is 2.05 bits per heavy atom. The number of nitrogens with zero attached hydrogens (tertiary/aromatic N) is 3. The summed E-state index contributed by atoms with van der Waals surface area (Å²) in [5, 5.41) is 0.285. The minimum Gasteiger partial charge on any atom is -0.298 e. The molecule has 0 radical (unpaired) electrons. The number of aldehydes is 1. The standard InChI is InChI=1S/C13H15N3O3/c1-8(2)6-16-11-10(4-9(7-17)5-14-11)12(18)15(3)13(16)19/h4-5,7-8H,6H2,1-3H3. The summed E-state index contributed by atoms with van der Waals surface area (Å²) in [7, 11) is 1.43. The van der Waals surface area contributed by atoms with Crippen LogP contribution in [0.1, 0.15) is 24.2 Å². The summed E-state index contributed by atoms with van der Waals surface area (Å²) in [6.45, 7) is 4.42. The summed E-state index contributed by atoms with van der Waals surface area (Å²) in [6.07, 6.45) is 1.99. The van der Waals surface area contributed by atoms with Crippen molar-refractivity contribution in [2.45, 2.75) is 20.4 Å². The lowest BCUT2D eigenvalue weighted by Crippen LogP contribution is -2.39. The highest BCUT2D eigenvalue weighted by atomic mass is 16.2. The average Bonchev–Trinajstić information content (AvgIpc) is 2.40. The fourth-order valence-electron chi connectivity index (χ4n) is 1.98. The quantitative estimate of drug-likeness (QED) is 0.757. The predicted octanol–water partition coefficient (Wildman–Crippen LogP) is 0.564. The van der Waals surface area contributed by atoms with Gasteiger partial charge in [0.1, 0.15) is 5.65 Å². The molecule has 2 aromatic rings. The molecule has 100 valence electrons. The Morgan fingerprint density at radius 3 is 2.63 bits per heavy atom. The van der Waals surface area contributed by atoms with Crippen LogP contribution in [0, 0.1) is 5.92 Å². The smallest absolute Gasteiger partial charge is 0.298 e. The van der Waals surface area contributed by atoms with E-state index in [2.05, 4.69) is 4.98 Å². The highest BCUT2D eigenvalue weighted by Crippen LogP contribution is 2.08. The Hall–Kier alpha value is -2.24. The van der Waals surface area contributed by atoms with Gasteiger partial charge in [-0.05, 0) is 12.0 Å². The minimum absolute atomic E-state index is 0.242. The molecule has 0 unspecified atom stereocenters. The van der Waals surface area contributed by atoms with Crippen molar-refractivity contribution in [3.05, 3.63) is 38.7 Å². The third-order valence-electron chi connectivity index (χ3n) is 2.88. The van der Waals surface area contributed by atoms with Crippen LogP contribution < -0.4 is 11.2 Å². The number of carbonyl (C=O) groups is 1. The highest BCUT2D eigenvalue weighted by molar-refractivity contribution is 5.83. The second-order valence-electron chi connectivity index (χ2n) is 4.91. The maximum absolute atomic E-state index is 12.1. The summed E-state index contributed by atoms with van der Waals surface area (Å²) < 4.78 is 2.51. The van der Waals surface area contributed by atoms with Gasteiger partial charge in [-0.3, -0.25) is 18.7 Å². The van der Waals surface area contributed by atoms with E-state index in [0.29, 0.717) is 24.0 Å². The number of hydrogen-bond acceptors (Lipinski definition) is 4. The van der Waals surface area contributed by atoms with E-state index in [4.69, 9.17) is 0 Å². The average molecular weight is 261 g/mol. The van der Waals surface area contributed by atoms with Gasteiger partial charge in [-0.1, -0.05) is 13.8 Å². The first-order chi connectivity index (χ1) is 8.95. The van der Waals surface area contributed by atoms with Gasteiger partial charge in [-0.2, -0.15) is 0 Å². The van der Waals surface area contributed by atoms with Gasteiger partial charge < -0.3 is 0 Å². The highest BCUT2D eigenvalue weighted by Gasteiger charge is 2.13. The van der Waals surface area contributed by atoms with Crippen LogP contribution in [0.2, 0.25) is 0 Å². The molecular formula is C13H15N3O3. The van der Waals surface area contributed by atoms with Crippen LogP contribution in [0.3, 0.4) is 0 Å². The van der Waals surface area contributed by atoms with Crippen molar-refractivity contribution in [3.8, 4) is 0 Å². The lowest BCUT2D eigenvalue weighted by Gasteiger charge is -2.13. The summed E-state index contributed by atoms with van der Waals surface area (Å²) in [5.41, 5.74) is -0.180. The van der Waals surface area contributed by atoms with E-state index in [1.54, 1.807) is 0 Å². The molecule has 0 amide bonds. The number of carbonyl (C=O) groups excluding carboxylic acids is 1. The zero-order valence-electron chi connectivity index (χ0n) is 11.1. The molecule has 19 heavy (non-hydrogen) atoms. The van der Waals surface area contributed by atoms with E-state index in [1.807, 2.05) is 13.8 Å². The summed E-state index contributed by atoms with van der Waals surface area (Å²) >= 11 is 0.